The largest absolute Gasteiger partial charge is 0.335 e. The fraction of sp³-hybridized carbons (Fsp3) is 0.440. The topological polar surface area (TPSA) is 55.9 Å². The van der Waals surface area contributed by atoms with Gasteiger partial charge in [-0.15, -0.1) is 0 Å². The van der Waals surface area contributed by atoms with Crippen molar-refractivity contribution in [2.45, 2.75) is 26.8 Å². The summed E-state index contributed by atoms with van der Waals surface area (Å²) in [5, 5.41) is 2.93. The normalized spacial score (nSPS) is 14.9. The van der Waals surface area contributed by atoms with Gasteiger partial charge in [-0.3, -0.25) is 19.4 Å². The molecule has 0 atom stereocenters. The molecule has 2 aromatic carbocycles. The number of likely N-dealkylation sites (N-methyl/N-ethyl adjacent to an activating group) is 1. The molecule has 6 heteroatoms. The van der Waals surface area contributed by atoms with Crippen molar-refractivity contribution in [1.29, 1.82) is 0 Å². The van der Waals surface area contributed by atoms with Crippen LogP contribution in [0.15, 0.2) is 48.5 Å². The number of nitrogens with zero attached hydrogens (tertiary/aromatic N) is 3. The van der Waals surface area contributed by atoms with Crippen LogP contribution in [0, 0.1) is 6.92 Å². The van der Waals surface area contributed by atoms with Crippen molar-refractivity contribution < 1.29 is 9.59 Å². The summed E-state index contributed by atoms with van der Waals surface area (Å²) in [4.78, 5) is 31.1. The first-order chi connectivity index (χ1) is 14.9. The van der Waals surface area contributed by atoms with Crippen LogP contribution in [0.4, 0.5) is 5.69 Å². The van der Waals surface area contributed by atoms with Gasteiger partial charge >= 0.3 is 0 Å². The molecule has 0 bridgehead atoms. The lowest BCUT2D eigenvalue weighted by Crippen LogP contribution is -2.49. The van der Waals surface area contributed by atoms with Crippen LogP contribution in [-0.4, -0.2) is 72.8 Å². The summed E-state index contributed by atoms with van der Waals surface area (Å²) in [7, 11) is 1.70. The second kappa shape index (κ2) is 11.1. The maximum Gasteiger partial charge on any atom is 0.243 e. The van der Waals surface area contributed by atoms with E-state index in [4.69, 9.17) is 0 Å². The second-order valence-corrected chi connectivity index (χ2v) is 8.35. The van der Waals surface area contributed by atoms with Gasteiger partial charge in [-0.1, -0.05) is 55.0 Å². The number of nitrogens with one attached hydrogen (secondary N) is 1. The van der Waals surface area contributed by atoms with Crippen LogP contribution in [0.1, 0.15) is 23.6 Å². The molecule has 166 valence electrons. The molecule has 0 spiro atoms. The number of benzene rings is 2. The van der Waals surface area contributed by atoms with E-state index in [1.54, 1.807) is 7.05 Å². The molecular weight excluding hydrogens is 388 g/mol. The number of aryl methyl sites for hydroxylation is 2. The molecule has 2 aromatic rings. The Hall–Kier alpha value is -2.70. The molecule has 1 aliphatic rings. The highest BCUT2D eigenvalue weighted by Gasteiger charge is 2.21. The van der Waals surface area contributed by atoms with Gasteiger partial charge in [-0.05, 0) is 30.5 Å². The molecule has 0 aromatic heterocycles. The van der Waals surface area contributed by atoms with Gasteiger partial charge in [0.2, 0.25) is 11.8 Å². The quantitative estimate of drug-likeness (QED) is 0.711. The van der Waals surface area contributed by atoms with Crippen molar-refractivity contribution in [3.63, 3.8) is 0 Å². The van der Waals surface area contributed by atoms with Crippen LogP contribution in [-0.2, 0) is 22.6 Å². The maximum atomic E-state index is 12.6. The Labute approximate surface area is 185 Å². The van der Waals surface area contributed by atoms with Gasteiger partial charge in [0, 0.05) is 45.5 Å². The molecule has 0 unspecified atom stereocenters. The lowest BCUT2D eigenvalue weighted by Gasteiger charge is -2.35. The highest BCUT2D eigenvalue weighted by atomic mass is 16.2. The minimum atomic E-state index is -0.167. The molecular formula is C25H34N4O2. The average molecular weight is 423 g/mol. The van der Waals surface area contributed by atoms with Crippen molar-refractivity contribution in [1.82, 2.24) is 14.7 Å². The minimum Gasteiger partial charge on any atom is -0.335 e. The van der Waals surface area contributed by atoms with Gasteiger partial charge in [0.1, 0.15) is 0 Å². The van der Waals surface area contributed by atoms with Crippen molar-refractivity contribution in [3.05, 3.63) is 65.2 Å². The van der Waals surface area contributed by atoms with E-state index in [2.05, 4.69) is 53.2 Å². The van der Waals surface area contributed by atoms with E-state index in [9.17, 15) is 9.59 Å². The Morgan fingerprint density at radius 3 is 2.42 bits per heavy atom. The lowest BCUT2D eigenvalue weighted by atomic mass is 10.1. The maximum absolute atomic E-state index is 12.6. The summed E-state index contributed by atoms with van der Waals surface area (Å²) in [6, 6.07) is 16.4. The number of rotatable bonds is 8. The first kappa shape index (κ1) is 23.0. The zero-order valence-corrected chi connectivity index (χ0v) is 18.9. The Morgan fingerprint density at radius 1 is 1.00 bits per heavy atom. The van der Waals surface area contributed by atoms with E-state index in [-0.39, 0.29) is 18.4 Å². The van der Waals surface area contributed by atoms with Crippen LogP contribution in [0.2, 0.25) is 0 Å². The molecule has 0 radical (unpaired) electrons. The molecule has 31 heavy (non-hydrogen) atoms. The number of para-hydroxylation sites is 1. The molecule has 0 aliphatic carbocycles. The smallest absolute Gasteiger partial charge is 0.243 e. The number of anilines is 1. The SMILES string of the molecule is CCc1ccccc1NC(=O)CN(C)C(=O)CN1CCN(Cc2cccc(C)c2)CC1. The summed E-state index contributed by atoms with van der Waals surface area (Å²) >= 11 is 0. The van der Waals surface area contributed by atoms with Crippen molar-refractivity contribution in [2.24, 2.45) is 0 Å². The summed E-state index contributed by atoms with van der Waals surface area (Å²) in [6.07, 6.45) is 0.848. The van der Waals surface area contributed by atoms with Crippen LogP contribution < -0.4 is 5.32 Å². The summed E-state index contributed by atoms with van der Waals surface area (Å²) in [5.74, 6) is -0.189. The number of hydrogen-bond acceptors (Lipinski definition) is 4. The number of carbonyl (C=O) groups excluding carboxylic acids is 2. The number of piperazine rings is 1. The number of carbonyl (C=O) groups is 2. The third kappa shape index (κ3) is 6.91. The van der Waals surface area contributed by atoms with E-state index < -0.39 is 0 Å². The third-order valence-corrected chi connectivity index (χ3v) is 5.79. The average Bonchev–Trinajstić information content (AvgIpc) is 2.75. The first-order valence-electron chi connectivity index (χ1n) is 11.1. The van der Waals surface area contributed by atoms with Crippen LogP contribution >= 0.6 is 0 Å². The molecule has 1 aliphatic heterocycles. The summed E-state index contributed by atoms with van der Waals surface area (Å²) < 4.78 is 0. The molecule has 1 N–H and O–H groups in total. The standard InChI is InChI=1S/C25H34N4O2/c1-4-22-10-5-6-11-23(22)26-24(30)18-27(3)25(31)19-29-14-12-28(13-15-29)17-21-9-7-8-20(2)16-21/h5-11,16H,4,12-15,17-19H2,1-3H3,(H,26,30). The van der Waals surface area contributed by atoms with Crippen LogP contribution in [0.25, 0.3) is 0 Å². The van der Waals surface area contributed by atoms with Crippen LogP contribution in [0.5, 0.6) is 0 Å². The Morgan fingerprint density at radius 2 is 1.71 bits per heavy atom. The zero-order valence-electron chi connectivity index (χ0n) is 18.9. The van der Waals surface area contributed by atoms with Gasteiger partial charge in [0.05, 0.1) is 13.1 Å². The minimum absolute atomic E-state index is 0.0222. The summed E-state index contributed by atoms with van der Waals surface area (Å²) in [6.45, 7) is 9.15. The van der Waals surface area contributed by atoms with Crippen molar-refractivity contribution in [3.8, 4) is 0 Å². The fourth-order valence-electron chi connectivity index (χ4n) is 3.93. The highest BCUT2D eigenvalue weighted by Crippen LogP contribution is 2.15. The van der Waals surface area contributed by atoms with Crippen molar-refractivity contribution in [2.75, 3.05) is 51.6 Å². The molecule has 1 saturated heterocycles. The second-order valence-electron chi connectivity index (χ2n) is 8.35. The Kier molecular flexibility index (Phi) is 8.20. The molecule has 1 heterocycles. The summed E-state index contributed by atoms with van der Waals surface area (Å²) in [5.41, 5.74) is 4.53. The molecule has 2 amide bonds. The molecule has 0 saturated carbocycles. The molecule has 1 fully saturated rings. The Bertz CT molecular complexity index is 891. The van der Waals surface area contributed by atoms with E-state index in [1.165, 1.54) is 16.0 Å². The van der Waals surface area contributed by atoms with Gasteiger partial charge in [0.15, 0.2) is 0 Å². The van der Waals surface area contributed by atoms with Crippen molar-refractivity contribution >= 4 is 17.5 Å². The first-order valence-corrected chi connectivity index (χ1v) is 11.1. The van der Waals surface area contributed by atoms with Crippen LogP contribution in [0.3, 0.4) is 0 Å². The number of amides is 2. The van der Waals surface area contributed by atoms with E-state index in [0.29, 0.717) is 6.54 Å². The highest BCUT2D eigenvalue weighted by molar-refractivity contribution is 5.95. The third-order valence-electron chi connectivity index (χ3n) is 5.79. The van der Waals surface area contributed by atoms with E-state index in [1.807, 2.05) is 24.3 Å². The van der Waals surface area contributed by atoms with E-state index >= 15 is 0 Å². The lowest BCUT2D eigenvalue weighted by molar-refractivity contribution is -0.134. The van der Waals surface area contributed by atoms with Gasteiger partial charge in [0.25, 0.3) is 0 Å². The predicted octanol–water partition coefficient (Wildman–Crippen LogP) is 2.77. The van der Waals surface area contributed by atoms with Gasteiger partial charge in [-0.2, -0.15) is 0 Å². The fourth-order valence-corrected chi connectivity index (χ4v) is 3.93. The molecule has 6 nitrogen and oxygen atoms in total. The molecule has 3 rings (SSSR count). The number of hydrogen-bond donors (Lipinski definition) is 1. The predicted molar refractivity (Wildman–Crippen MR) is 125 cm³/mol. The van der Waals surface area contributed by atoms with E-state index in [0.717, 1.165) is 50.4 Å². The van der Waals surface area contributed by atoms with Gasteiger partial charge in [-0.25, -0.2) is 0 Å². The monoisotopic (exact) mass is 422 g/mol. The Balaban J connectivity index is 1.41. The zero-order chi connectivity index (χ0) is 22.2. The van der Waals surface area contributed by atoms with Gasteiger partial charge < -0.3 is 10.2 Å².